The van der Waals surface area contributed by atoms with Crippen LogP contribution in [0, 0.1) is 11.3 Å². The average molecular weight is 230 g/mol. The van der Waals surface area contributed by atoms with Crippen LogP contribution in [0.1, 0.15) is 24.8 Å². The Bertz CT molecular complexity index is 402. The molecule has 4 nitrogen and oxygen atoms in total. The average Bonchev–Trinajstić information content (AvgIpc) is 2.66. The fourth-order valence-electron chi connectivity index (χ4n) is 2.35. The summed E-state index contributed by atoms with van der Waals surface area (Å²) in [5.74, 6) is 0. The van der Waals surface area contributed by atoms with Crippen LogP contribution in [0.15, 0.2) is 18.5 Å². The molecule has 1 aromatic heterocycles. The van der Waals surface area contributed by atoms with E-state index in [0.717, 1.165) is 25.2 Å². The minimum atomic E-state index is 0.501. The van der Waals surface area contributed by atoms with Crippen molar-refractivity contribution in [2.24, 2.45) is 0 Å². The minimum absolute atomic E-state index is 0.501. The van der Waals surface area contributed by atoms with Crippen LogP contribution < -0.4 is 10.2 Å². The summed E-state index contributed by atoms with van der Waals surface area (Å²) in [5.41, 5.74) is 1.65. The number of pyridine rings is 1. The molecule has 0 saturated carbocycles. The molecule has 1 saturated heterocycles. The maximum absolute atomic E-state index is 9.10. The van der Waals surface area contributed by atoms with Gasteiger partial charge in [0.05, 0.1) is 17.4 Å². The van der Waals surface area contributed by atoms with Gasteiger partial charge in [0.25, 0.3) is 0 Å². The van der Waals surface area contributed by atoms with E-state index in [9.17, 15) is 0 Å². The van der Waals surface area contributed by atoms with E-state index in [-0.39, 0.29) is 0 Å². The standard InChI is InChI=1S/C13H18N4/c1-17(12-3-2-6-15-8-5-12)13-10-16-7-4-11(13)9-14/h4,7,10,12,15H,2-3,5-6,8H2,1H3. The predicted octanol–water partition coefficient (Wildman–Crippen LogP) is 1.53. The maximum atomic E-state index is 9.10. The molecule has 4 heteroatoms. The Kier molecular flexibility index (Phi) is 3.94. The molecular formula is C13H18N4. The van der Waals surface area contributed by atoms with E-state index in [4.69, 9.17) is 5.26 Å². The second kappa shape index (κ2) is 5.65. The van der Waals surface area contributed by atoms with Crippen LogP contribution in [0.2, 0.25) is 0 Å². The molecule has 0 aromatic carbocycles. The number of hydrogen-bond acceptors (Lipinski definition) is 4. The molecule has 0 aliphatic carbocycles. The highest BCUT2D eigenvalue weighted by molar-refractivity contribution is 5.57. The van der Waals surface area contributed by atoms with Crippen LogP contribution >= 0.6 is 0 Å². The van der Waals surface area contributed by atoms with Gasteiger partial charge in [0.1, 0.15) is 6.07 Å². The highest BCUT2D eigenvalue weighted by atomic mass is 15.1. The molecule has 1 unspecified atom stereocenters. The third-order valence-corrected chi connectivity index (χ3v) is 3.39. The number of nitriles is 1. The van der Waals surface area contributed by atoms with Crippen molar-refractivity contribution in [3.63, 3.8) is 0 Å². The fourth-order valence-corrected chi connectivity index (χ4v) is 2.35. The summed E-state index contributed by atoms with van der Waals surface area (Å²) in [6.07, 6.45) is 6.94. The van der Waals surface area contributed by atoms with Gasteiger partial charge in [-0.1, -0.05) is 0 Å². The number of anilines is 1. The number of nitrogens with one attached hydrogen (secondary N) is 1. The third kappa shape index (κ3) is 2.75. The lowest BCUT2D eigenvalue weighted by Crippen LogP contribution is -2.33. The maximum Gasteiger partial charge on any atom is 0.101 e. The van der Waals surface area contributed by atoms with Crippen molar-refractivity contribution in [2.45, 2.75) is 25.3 Å². The van der Waals surface area contributed by atoms with Crippen LogP contribution in [-0.4, -0.2) is 31.2 Å². The predicted molar refractivity (Wildman–Crippen MR) is 67.9 cm³/mol. The van der Waals surface area contributed by atoms with Crippen LogP contribution in [0.3, 0.4) is 0 Å². The van der Waals surface area contributed by atoms with Gasteiger partial charge in [0.15, 0.2) is 0 Å². The van der Waals surface area contributed by atoms with Crippen LogP contribution in [0.4, 0.5) is 5.69 Å². The zero-order valence-electron chi connectivity index (χ0n) is 10.2. The van der Waals surface area contributed by atoms with Crippen molar-refractivity contribution in [3.8, 4) is 6.07 Å². The van der Waals surface area contributed by atoms with Crippen molar-refractivity contribution in [1.29, 1.82) is 5.26 Å². The first kappa shape index (κ1) is 11.9. The van der Waals surface area contributed by atoms with Gasteiger partial charge in [-0.2, -0.15) is 5.26 Å². The molecule has 1 fully saturated rings. The second-order valence-corrected chi connectivity index (χ2v) is 4.45. The lowest BCUT2D eigenvalue weighted by atomic mass is 10.1. The molecule has 0 amide bonds. The van der Waals surface area contributed by atoms with Gasteiger partial charge in [-0.05, 0) is 38.4 Å². The Morgan fingerprint density at radius 3 is 3.18 bits per heavy atom. The van der Waals surface area contributed by atoms with Crippen molar-refractivity contribution in [3.05, 3.63) is 24.0 Å². The summed E-state index contributed by atoms with van der Waals surface area (Å²) in [6.45, 7) is 2.15. The van der Waals surface area contributed by atoms with Crippen LogP contribution in [0.5, 0.6) is 0 Å². The number of hydrogen-bond donors (Lipinski definition) is 1. The summed E-state index contributed by atoms with van der Waals surface area (Å²) in [4.78, 5) is 6.33. The Balaban J connectivity index is 2.17. The highest BCUT2D eigenvalue weighted by Gasteiger charge is 2.19. The first-order valence-electron chi connectivity index (χ1n) is 6.10. The highest BCUT2D eigenvalue weighted by Crippen LogP contribution is 2.22. The van der Waals surface area contributed by atoms with E-state index < -0.39 is 0 Å². The second-order valence-electron chi connectivity index (χ2n) is 4.45. The minimum Gasteiger partial charge on any atom is -0.369 e. The van der Waals surface area contributed by atoms with E-state index in [1.807, 2.05) is 0 Å². The molecule has 2 heterocycles. The Morgan fingerprint density at radius 2 is 2.35 bits per heavy atom. The Morgan fingerprint density at radius 1 is 1.47 bits per heavy atom. The largest absolute Gasteiger partial charge is 0.369 e. The monoisotopic (exact) mass is 230 g/mol. The van der Waals surface area contributed by atoms with E-state index in [2.05, 4.69) is 28.3 Å². The lowest BCUT2D eigenvalue weighted by Gasteiger charge is -2.29. The van der Waals surface area contributed by atoms with E-state index >= 15 is 0 Å². The van der Waals surface area contributed by atoms with Gasteiger partial charge in [-0.3, -0.25) is 4.98 Å². The van der Waals surface area contributed by atoms with Crippen molar-refractivity contribution in [2.75, 3.05) is 25.0 Å². The summed E-state index contributed by atoms with van der Waals surface area (Å²) < 4.78 is 0. The first-order chi connectivity index (χ1) is 8.33. The normalized spacial score (nSPS) is 20.4. The van der Waals surface area contributed by atoms with Crippen LogP contribution in [0.25, 0.3) is 0 Å². The zero-order chi connectivity index (χ0) is 12.1. The molecule has 1 N–H and O–H groups in total. The summed E-state index contributed by atoms with van der Waals surface area (Å²) in [6, 6.07) is 4.51. The van der Waals surface area contributed by atoms with Gasteiger partial charge in [0.2, 0.25) is 0 Å². The molecule has 17 heavy (non-hydrogen) atoms. The number of nitrogens with zero attached hydrogens (tertiary/aromatic N) is 3. The van der Waals surface area contributed by atoms with E-state index in [1.54, 1.807) is 18.5 Å². The lowest BCUT2D eigenvalue weighted by molar-refractivity contribution is 0.566. The number of rotatable bonds is 2. The molecule has 1 aromatic rings. The van der Waals surface area contributed by atoms with Crippen molar-refractivity contribution < 1.29 is 0 Å². The van der Waals surface area contributed by atoms with Gasteiger partial charge in [0, 0.05) is 19.3 Å². The Labute approximate surface area is 102 Å². The van der Waals surface area contributed by atoms with Crippen molar-refractivity contribution in [1.82, 2.24) is 10.3 Å². The van der Waals surface area contributed by atoms with Gasteiger partial charge in [-0.15, -0.1) is 0 Å². The molecule has 0 spiro atoms. The topological polar surface area (TPSA) is 52.0 Å². The molecule has 90 valence electrons. The Hall–Kier alpha value is -1.60. The molecule has 0 radical (unpaired) electrons. The molecule has 0 bridgehead atoms. The van der Waals surface area contributed by atoms with E-state index in [1.165, 1.54) is 12.8 Å². The summed E-state index contributed by atoms with van der Waals surface area (Å²) >= 11 is 0. The van der Waals surface area contributed by atoms with Gasteiger partial charge < -0.3 is 10.2 Å². The SMILES string of the molecule is CN(c1cnccc1C#N)C1CCCNCC1. The van der Waals surface area contributed by atoms with Gasteiger partial charge in [-0.25, -0.2) is 0 Å². The quantitative estimate of drug-likeness (QED) is 0.837. The molecule has 1 aliphatic rings. The zero-order valence-corrected chi connectivity index (χ0v) is 10.2. The molecule has 1 aliphatic heterocycles. The molecule has 2 rings (SSSR count). The summed E-state index contributed by atoms with van der Waals surface area (Å²) in [5, 5.41) is 12.5. The smallest absolute Gasteiger partial charge is 0.101 e. The first-order valence-corrected chi connectivity index (χ1v) is 6.10. The molecular weight excluding hydrogens is 212 g/mol. The summed E-state index contributed by atoms with van der Waals surface area (Å²) in [7, 11) is 2.06. The number of aromatic nitrogens is 1. The fraction of sp³-hybridized carbons (Fsp3) is 0.538. The third-order valence-electron chi connectivity index (χ3n) is 3.39. The van der Waals surface area contributed by atoms with Crippen LogP contribution in [-0.2, 0) is 0 Å². The van der Waals surface area contributed by atoms with Gasteiger partial charge >= 0.3 is 0 Å². The molecule has 1 atom stereocenters. The van der Waals surface area contributed by atoms with E-state index in [0.29, 0.717) is 11.6 Å². The van der Waals surface area contributed by atoms with Crippen molar-refractivity contribution >= 4 is 5.69 Å².